The van der Waals surface area contributed by atoms with Crippen molar-refractivity contribution in [1.29, 1.82) is 0 Å². The molecule has 0 radical (unpaired) electrons. The SMILES string of the molecule is CC(C)P(O)OC12CC(COC3C(N)C(OCC4(C)CC4(C)O)OC(CO)C3O)(C1)C2. The van der Waals surface area contributed by atoms with E-state index in [4.69, 9.17) is 24.5 Å². The Morgan fingerprint density at radius 1 is 1.13 bits per heavy atom. The summed E-state index contributed by atoms with van der Waals surface area (Å²) >= 11 is 0. The molecular formula is C21H38NO8P. The zero-order chi connectivity index (χ0) is 22.8. The Kier molecular flexibility index (Phi) is 6.31. The molecule has 0 aromatic carbocycles. The zero-order valence-corrected chi connectivity index (χ0v) is 19.8. The number of ether oxygens (including phenoxy) is 3. The van der Waals surface area contributed by atoms with Gasteiger partial charge in [-0.15, -0.1) is 0 Å². The second-order valence-electron chi connectivity index (χ2n) is 11.1. The Balaban J connectivity index is 1.30. The van der Waals surface area contributed by atoms with Crippen LogP contribution in [0.5, 0.6) is 0 Å². The van der Waals surface area contributed by atoms with Crippen LogP contribution in [0.15, 0.2) is 0 Å². The van der Waals surface area contributed by atoms with Crippen molar-refractivity contribution in [2.75, 3.05) is 19.8 Å². The summed E-state index contributed by atoms with van der Waals surface area (Å²) in [5, 5.41) is 30.5. The first-order valence-electron chi connectivity index (χ1n) is 11.2. The molecule has 180 valence electrons. The number of aliphatic hydroxyl groups excluding tert-OH is 2. The van der Waals surface area contributed by atoms with E-state index in [0.717, 1.165) is 19.3 Å². The Morgan fingerprint density at radius 3 is 2.26 bits per heavy atom. The van der Waals surface area contributed by atoms with Gasteiger partial charge in [-0.2, -0.15) is 0 Å². The van der Waals surface area contributed by atoms with Gasteiger partial charge < -0.3 is 44.7 Å². The summed E-state index contributed by atoms with van der Waals surface area (Å²) in [5.41, 5.74) is 5.09. The van der Waals surface area contributed by atoms with Gasteiger partial charge in [-0.25, -0.2) is 0 Å². The molecule has 0 aromatic rings. The Bertz CT molecular complexity index is 658. The lowest BCUT2D eigenvalue weighted by molar-refractivity contribution is -0.302. The highest BCUT2D eigenvalue weighted by Gasteiger charge is 2.70. The third-order valence-corrected chi connectivity index (χ3v) is 9.24. The lowest BCUT2D eigenvalue weighted by atomic mass is 9.41. The van der Waals surface area contributed by atoms with E-state index in [2.05, 4.69) is 0 Å². The van der Waals surface area contributed by atoms with Crippen LogP contribution in [0.4, 0.5) is 0 Å². The molecule has 8 unspecified atom stereocenters. The summed E-state index contributed by atoms with van der Waals surface area (Å²) in [5.74, 6) is 0. The first kappa shape index (κ1) is 24.2. The topological polar surface area (TPSA) is 144 Å². The van der Waals surface area contributed by atoms with Crippen molar-refractivity contribution in [3.63, 3.8) is 0 Å². The van der Waals surface area contributed by atoms with Crippen LogP contribution in [-0.2, 0) is 18.7 Å². The summed E-state index contributed by atoms with van der Waals surface area (Å²) in [6.07, 6.45) is -0.373. The van der Waals surface area contributed by atoms with Crippen LogP contribution in [0.1, 0.15) is 53.4 Å². The standard InChI is InChI=1S/C21H38NO8P/c1-12(2)31(26)30-21-7-20(8-21,9-21)11-27-16-14(22)17(29-13(5-23)15(16)24)28-10-18(3)6-19(18,4)25/h12-17,23-26H,5-11,22H2,1-4H3. The number of hydrogen-bond donors (Lipinski definition) is 5. The highest BCUT2D eigenvalue weighted by Crippen LogP contribution is 2.72. The van der Waals surface area contributed by atoms with E-state index in [9.17, 15) is 20.2 Å². The average Bonchev–Trinajstić information content (AvgIpc) is 3.14. The third-order valence-electron chi connectivity index (χ3n) is 7.78. The molecule has 5 fully saturated rings. The van der Waals surface area contributed by atoms with E-state index in [1.165, 1.54) is 0 Å². The number of rotatable bonds is 10. The molecule has 1 heterocycles. The predicted molar refractivity (Wildman–Crippen MR) is 113 cm³/mol. The van der Waals surface area contributed by atoms with E-state index < -0.39 is 44.6 Å². The Morgan fingerprint density at radius 2 is 1.74 bits per heavy atom. The van der Waals surface area contributed by atoms with Crippen LogP contribution in [0.3, 0.4) is 0 Å². The molecule has 1 aliphatic heterocycles. The minimum atomic E-state index is -1.41. The molecule has 0 amide bonds. The second kappa shape index (κ2) is 8.08. The molecule has 6 N–H and O–H groups in total. The van der Waals surface area contributed by atoms with Gasteiger partial charge in [-0.05, 0) is 32.6 Å². The first-order valence-corrected chi connectivity index (χ1v) is 12.5. The maximum Gasteiger partial charge on any atom is 0.175 e. The van der Waals surface area contributed by atoms with E-state index in [1.54, 1.807) is 6.92 Å². The van der Waals surface area contributed by atoms with Crippen molar-refractivity contribution < 1.29 is 38.9 Å². The highest BCUT2D eigenvalue weighted by molar-refractivity contribution is 7.47. The van der Waals surface area contributed by atoms with Gasteiger partial charge in [0.15, 0.2) is 14.7 Å². The van der Waals surface area contributed by atoms with Crippen molar-refractivity contribution in [2.45, 2.75) is 101 Å². The number of hydrogen-bond acceptors (Lipinski definition) is 9. The lowest BCUT2D eigenvalue weighted by Crippen LogP contribution is -2.70. The Labute approximate surface area is 185 Å². The second-order valence-corrected chi connectivity index (χ2v) is 12.9. The van der Waals surface area contributed by atoms with E-state index in [-0.39, 0.29) is 35.3 Å². The molecule has 5 rings (SSSR count). The van der Waals surface area contributed by atoms with E-state index >= 15 is 0 Å². The molecule has 4 saturated carbocycles. The lowest BCUT2D eigenvalue weighted by Gasteiger charge is -2.70. The van der Waals surface area contributed by atoms with Gasteiger partial charge in [0.1, 0.15) is 18.3 Å². The molecule has 9 nitrogen and oxygen atoms in total. The quantitative estimate of drug-likeness (QED) is 0.294. The fourth-order valence-corrected chi connectivity index (χ4v) is 6.16. The minimum absolute atomic E-state index is 0.00382. The largest absolute Gasteiger partial charge is 0.394 e. The first-order chi connectivity index (χ1) is 14.3. The van der Waals surface area contributed by atoms with Crippen LogP contribution in [0.25, 0.3) is 0 Å². The van der Waals surface area contributed by atoms with Crippen LogP contribution in [0.2, 0.25) is 0 Å². The summed E-state index contributed by atoms with van der Waals surface area (Å²) in [4.78, 5) is 10.1. The summed E-state index contributed by atoms with van der Waals surface area (Å²) in [6.45, 7) is 7.92. The molecule has 0 spiro atoms. The van der Waals surface area contributed by atoms with Gasteiger partial charge in [-0.3, -0.25) is 0 Å². The number of aliphatic hydroxyl groups is 3. The fraction of sp³-hybridized carbons (Fsp3) is 1.00. The van der Waals surface area contributed by atoms with Crippen molar-refractivity contribution >= 4 is 8.38 Å². The molecule has 31 heavy (non-hydrogen) atoms. The van der Waals surface area contributed by atoms with Gasteiger partial charge >= 0.3 is 0 Å². The highest BCUT2D eigenvalue weighted by atomic mass is 31.2. The van der Waals surface area contributed by atoms with Gasteiger partial charge in [0, 0.05) is 16.5 Å². The normalized spacial score (nSPS) is 51.9. The zero-order valence-electron chi connectivity index (χ0n) is 18.9. The molecule has 8 atom stereocenters. The monoisotopic (exact) mass is 463 g/mol. The van der Waals surface area contributed by atoms with Crippen molar-refractivity contribution in [3.05, 3.63) is 0 Å². The minimum Gasteiger partial charge on any atom is -0.394 e. The summed E-state index contributed by atoms with van der Waals surface area (Å²) < 4.78 is 23.6. The van der Waals surface area contributed by atoms with Crippen LogP contribution >= 0.6 is 8.38 Å². The molecule has 0 aromatic heterocycles. The number of nitrogens with two attached hydrogens (primary N) is 1. The van der Waals surface area contributed by atoms with E-state index in [0.29, 0.717) is 13.0 Å². The van der Waals surface area contributed by atoms with E-state index in [1.807, 2.05) is 20.8 Å². The van der Waals surface area contributed by atoms with Gasteiger partial charge in [0.05, 0.1) is 37.1 Å². The molecule has 1 saturated heterocycles. The van der Waals surface area contributed by atoms with Gasteiger partial charge in [0.2, 0.25) is 0 Å². The molecule has 10 heteroatoms. The van der Waals surface area contributed by atoms with Crippen LogP contribution < -0.4 is 5.73 Å². The molecular weight excluding hydrogens is 425 g/mol. The van der Waals surface area contributed by atoms with Gasteiger partial charge in [0.25, 0.3) is 0 Å². The maximum atomic E-state index is 10.6. The summed E-state index contributed by atoms with van der Waals surface area (Å²) in [6, 6.07) is -0.728. The van der Waals surface area contributed by atoms with Crippen molar-refractivity contribution in [1.82, 2.24) is 0 Å². The Hall–Kier alpha value is 0.0700. The van der Waals surface area contributed by atoms with Gasteiger partial charge in [-0.1, -0.05) is 20.8 Å². The van der Waals surface area contributed by atoms with Crippen LogP contribution in [0, 0.1) is 10.8 Å². The fourth-order valence-electron chi connectivity index (χ4n) is 5.36. The molecule has 2 bridgehead atoms. The smallest absolute Gasteiger partial charge is 0.175 e. The van der Waals surface area contributed by atoms with Crippen molar-refractivity contribution in [3.8, 4) is 0 Å². The molecule has 4 aliphatic carbocycles. The average molecular weight is 464 g/mol. The summed E-state index contributed by atoms with van der Waals surface area (Å²) in [7, 11) is -1.41. The van der Waals surface area contributed by atoms with Crippen molar-refractivity contribution in [2.24, 2.45) is 16.6 Å². The molecule has 5 aliphatic rings. The van der Waals surface area contributed by atoms with Crippen LogP contribution in [-0.4, -0.2) is 87.5 Å². The predicted octanol–water partition coefficient (Wildman–Crippen LogP) is 0.607. The third kappa shape index (κ3) is 4.32. The maximum absolute atomic E-state index is 10.6.